The molecule has 23 heavy (non-hydrogen) atoms. The molecule has 0 radical (unpaired) electrons. The molecule has 1 N–H and O–H groups in total. The van der Waals surface area contributed by atoms with Gasteiger partial charge >= 0.3 is 5.97 Å². The van der Waals surface area contributed by atoms with Crippen LogP contribution in [0.2, 0.25) is 0 Å². The highest BCUT2D eigenvalue weighted by atomic mass is 79.9. The Labute approximate surface area is 141 Å². The number of benzene rings is 1. The minimum absolute atomic E-state index is 0.176. The number of hydrogen-bond donors (Lipinski definition) is 1. The van der Waals surface area contributed by atoms with Crippen LogP contribution in [0.1, 0.15) is 23.7 Å². The number of carboxylic acids is 1. The fourth-order valence-electron chi connectivity index (χ4n) is 2.89. The Morgan fingerprint density at radius 1 is 1.30 bits per heavy atom. The number of aliphatic carboxylic acids is 1. The van der Waals surface area contributed by atoms with Crippen LogP contribution in [-0.2, 0) is 4.79 Å². The highest BCUT2D eigenvalue weighted by Gasteiger charge is 2.38. The molecule has 2 atom stereocenters. The molecule has 0 aliphatic carbocycles. The van der Waals surface area contributed by atoms with Crippen molar-refractivity contribution in [3.8, 4) is 5.69 Å². The molecular formula is C16H16BrN3O3. The third-order valence-electron chi connectivity index (χ3n) is 4.25. The third-order valence-corrected chi connectivity index (χ3v) is 4.78. The van der Waals surface area contributed by atoms with Gasteiger partial charge in [0, 0.05) is 23.3 Å². The van der Waals surface area contributed by atoms with E-state index in [9.17, 15) is 14.7 Å². The molecule has 2 unspecified atom stereocenters. The normalized spacial score (nSPS) is 20.7. The standard InChI is InChI=1S/C16H16BrN3O3/c1-10-14(16(22)23)6-7-19(10)15(21)11-8-18-20(9-11)13-4-2-12(17)3-5-13/h2-5,8-10,14H,6-7H2,1H3,(H,22,23). The Morgan fingerprint density at radius 3 is 2.61 bits per heavy atom. The topological polar surface area (TPSA) is 75.4 Å². The van der Waals surface area contributed by atoms with E-state index in [1.807, 2.05) is 24.3 Å². The van der Waals surface area contributed by atoms with E-state index in [2.05, 4.69) is 21.0 Å². The summed E-state index contributed by atoms with van der Waals surface area (Å²) >= 11 is 3.38. The summed E-state index contributed by atoms with van der Waals surface area (Å²) in [6.07, 6.45) is 3.68. The van der Waals surface area contributed by atoms with Crippen LogP contribution in [0.15, 0.2) is 41.1 Å². The first-order valence-corrected chi connectivity index (χ1v) is 8.11. The monoisotopic (exact) mass is 377 g/mol. The van der Waals surface area contributed by atoms with Crippen molar-refractivity contribution in [3.05, 3.63) is 46.7 Å². The second kappa shape index (κ2) is 6.16. The van der Waals surface area contributed by atoms with Crippen molar-refractivity contribution < 1.29 is 14.7 Å². The van der Waals surface area contributed by atoms with Gasteiger partial charge in [-0.05, 0) is 37.6 Å². The molecule has 0 bridgehead atoms. The Morgan fingerprint density at radius 2 is 2.00 bits per heavy atom. The van der Waals surface area contributed by atoms with Gasteiger partial charge < -0.3 is 10.0 Å². The van der Waals surface area contributed by atoms with Gasteiger partial charge in [-0.2, -0.15) is 5.10 Å². The summed E-state index contributed by atoms with van der Waals surface area (Å²) in [7, 11) is 0. The van der Waals surface area contributed by atoms with Crippen molar-refractivity contribution in [2.24, 2.45) is 5.92 Å². The van der Waals surface area contributed by atoms with E-state index in [1.165, 1.54) is 6.20 Å². The first-order valence-electron chi connectivity index (χ1n) is 7.32. The third kappa shape index (κ3) is 3.01. The van der Waals surface area contributed by atoms with Crippen molar-refractivity contribution in [1.82, 2.24) is 14.7 Å². The zero-order chi connectivity index (χ0) is 16.6. The number of aromatic nitrogens is 2. The lowest BCUT2D eigenvalue weighted by atomic mass is 10.0. The van der Waals surface area contributed by atoms with Crippen LogP contribution in [-0.4, -0.2) is 44.3 Å². The Kier molecular flexibility index (Phi) is 4.21. The Hall–Kier alpha value is -2.15. The molecule has 1 aromatic carbocycles. The molecule has 1 aromatic heterocycles. The van der Waals surface area contributed by atoms with Crippen LogP contribution in [0.5, 0.6) is 0 Å². The minimum Gasteiger partial charge on any atom is -0.481 e. The summed E-state index contributed by atoms with van der Waals surface area (Å²) in [5.41, 5.74) is 1.32. The molecule has 120 valence electrons. The highest BCUT2D eigenvalue weighted by molar-refractivity contribution is 9.10. The molecular weight excluding hydrogens is 362 g/mol. The number of carbonyl (C=O) groups is 2. The van der Waals surface area contributed by atoms with E-state index < -0.39 is 11.9 Å². The fourth-order valence-corrected chi connectivity index (χ4v) is 3.15. The van der Waals surface area contributed by atoms with E-state index in [-0.39, 0.29) is 11.9 Å². The second-order valence-electron chi connectivity index (χ2n) is 5.62. The lowest BCUT2D eigenvalue weighted by Gasteiger charge is -2.22. The van der Waals surface area contributed by atoms with Gasteiger partial charge in [0.2, 0.25) is 0 Å². The number of amides is 1. The predicted octanol–water partition coefficient (Wildman–Crippen LogP) is 2.57. The summed E-state index contributed by atoms with van der Waals surface area (Å²) in [6.45, 7) is 2.24. The lowest BCUT2D eigenvalue weighted by molar-refractivity contribution is -0.142. The van der Waals surface area contributed by atoms with Crippen molar-refractivity contribution >= 4 is 27.8 Å². The molecule has 0 spiro atoms. The van der Waals surface area contributed by atoms with Crippen LogP contribution in [0.3, 0.4) is 0 Å². The number of carboxylic acid groups (broad SMARTS) is 1. The van der Waals surface area contributed by atoms with Crippen LogP contribution >= 0.6 is 15.9 Å². The van der Waals surface area contributed by atoms with E-state index in [1.54, 1.807) is 22.7 Å². The molecule has 1 saturated heterocycles. The summed E-state index contributed by atoms with van der Waals surface area (Å²) < 4.78 is 2.60. The Balaban J connectivity index is 1.79. The van der Waals surface area contributed by atoms with E-state index in [0.717, 1.165) is 10.2 Å². The summed E-state index contributed by atoms with van der Waals surface area (Å²) in [6, 6.07) is 7.28. The van der Waals surface area contributed by atoms with Gasteiger partial charge in [-0.25, -0.2) is 4.68 Å². The summed E-state index contributed by atoms with van der Waals surface area (Å²) in [5, 5.41) is 13.4. The van der Waals surface area contributed by atoms with Crippen LogP contribution in [0, 0.1) is 5.92 Å². The average molecular weight is 378 g/mol. The lowest BCUT2D eigenvalue weighted by Crippen LogP contribution is -2.37. The first kappa shape index (κ1) is 15.7. The number of likely N-dealkylation sites (tertiary alicyclic amines) is 1. The molecule has 1 aliphatic rings. The molecule has 3 rings (SSSR count). The van der Waals surface area contributed by atoms with Gasteiger partial charge in [-0.3, -0.25) is 9.59 Å². The van der Waals surface area contributed by atoms with Gasteiger partial charge in [0.25, 0.3) is 5.91 Å². The van der Waals surface area contributed by atoms with Crippen molar-refractivity contribution in [2.45, 2.75) is 19.4 Å². The largest absolute Gasteiger partial charge is 0.481 e. The highest BCUT2D eigenvalue weighted by Crippen LogP contribution is 2.26. The zero-order valence-corrected chi connectivity index (χ0v) is 14.1. The Bertz CT molecular complexity index is 741. The molecule has 1 amide bonds. The van der Waals surface area contributed by atoms with Crippen molar-refractivity contribution in [2.75, 3.05) is 6.54 Å². The second-order valence-corrected chi connectivity index (χ2v) is 6.54. The molecule has 7 heteroatoms. The van der Waals surface area contributed by atoms with Gasteiger partial charge in [-0.1, -0.05) is 15.9 Å². The smallest absolute Gasteiger partial charge is 0.308 e. The fraction of sp³-hybridized carbons (Fsp3) is 0.312. The van der Waals surface area contributed by atoms with Crippen LogP contribution in [0.25, 0.3) is 5.69 Å². The van der Waals surface area contributed by atoms with Gasteiger partial charge in [0.15, 0.2) is 0 Å². The molecule has 2 aromatic rings. The number of carbonyl (C=O) groups excluding carboxylic acids is 1. The van der Waals surface area contributed by atoms with E-state index in [0.29, 0.717) is 18.5 Å². The summed E-state index contributed by atoms with van der Waals surface area (Å²) in [5.74, 6) is -1.52. The first-order chi connectivity index (χ1) is 11.0. The van der Waals surface area contributed by atoms with Gasteiger partial charge in [-0.15, -0.1) is 0 Å². The van der Waals surface area contributed by atoms with Crippen molar-refractivity contribution in [1.29, 1.82) is 0 Å². The van der Waals surface area contributed by atoms with Crippen LogP contribution in [0.4, 0.5) is 0 Å². The molecule has 1 aliphatic heterocycles. The van der Waals surface area contributed by atoms with Gasteiger partial charge in [0.05, 0.1) is 23.4 Å². The van der Waals surface area contributed by atoms with Crippen molar-refractivity contribution in [3.63, 3.8) is 0 Å². The zero-order valence-electron chi connectivity index (χ0n) is 12.5. The maximum Gasteiger partial charge on any atom is 0.308 e. The average Bonchev–Trinajstić information content (AvgIpc) is 3.14. The quantitative estimate of drug-likeness (QED) is 0.891. The molecule has 6 nitrogen and oxygen atoms in total. The molecule has 1 fully saturated rings. The maximum absolute atomic E-state index is 12.6. The van der Waals surface area contributed by atoms with E-state index in [4.69, 9.17) is 0 Å². The van der Waals surface area contributed by atoms with E-state index >= 15 is 0 Å². The molecule has 2 heterocycles. The van der Waals surface area contributed by atoms with Gasteiger partial charge in [0.1, 0.15) is 0 Å². The molecule has 0 saturated carbocycles. The minimum atomic E-state index is -0.849. The number of hydrogen-bond acceptors (Lipinski definition) is 3. The summed E-state index contributed by atoms with van der Waals surface area (Å²) in [4.78, 5) is 25.4. The number of rotatable bonds is 3. The maximum atomic E-state index is 12.6. The SMILES string of the molecule is CC1C(C(=O)O)CCN1C(=O)c1cnn(-c2ccc(Br)cc2)c1. The predicted molar refractivity (Wildman–Crippen MR) is 87.5 cm³/mol. The number of halogens is 1. The van der Waals surface area contributed by atoms with Crippen LogP contribution < -0.4 is 0 Å². The number of nitrogens with zero attached hydrogens (tertiary/aromatic N) is 3.